The van der Waals surface area contributed by atoms with Crippen molar-refractivity contribution in [1.29, 1.82) is 0 Å². The molecular weight excluding hydrogens is 266 g/mol. The van der Waals surface area contributed by atoms with Crippen molar-refractivity contribution >= 4 is 17.3 Å². The highest BCUT2D eigenvalue weighted by molar-refractivity contribution is 6.33. The molecule has 0 bridgehead atoms. The fourth-order valence-electron chi connectivity index (χ4n) is 2.21. The third-order valence-electron chi connectivity index (χ3n) is 3.17. The zero-order valence-electron chi connectivity index (χ0n) is 10.3. The van der Waals surface area contributed by atoms with Gasteiger partial charge in [0.25, 0.3) is 0 Å². The van der Waals surface area contributed by atoms with Gasteiger partial charge < -0.3 is 10.5 Å². The lowest BCUT2D eigenvalue weighted by Crippen LogP contribution is -2.17. The number of benzene rings is 1. The van der Waals surface area contributed by atoms with Gasteiger partial charge in [-0.2, -0.15) is 0 Å². The molecule has 0 amide bonds. The number of nitrogen functional groups attached to an aromatic ring is 1. The van der Waals surface area contributed by atoms with E-state index >= 15 is 0 Å². The van der Waals surface area contributed by atoms with Gasteiger partial charge in [-0.3, -0.25) is 0 Å². The monoisotopic (exact) mass is 279 g/mol. The molecule has 6 nitrogen and oxygen atoms in total. The standard InChI is InChI=1S/C12H14ClN5O/c13-11-6-8(14)3-4-10(11)12-15-16-17-18(12)7-9-2-1-5-19-9/h3-4,6,9H,1-2,5,7,14H2. The zero-order valence-corrected chi connectivity index (χ0v) is 11.0. The number of ether oxygens (including phenoxy) is 1. The molecule has 0 spiro atoms. The summed E-state index contributed by atoms with van der Waals surface area (Å²) in [5, 5.41) is 12.3. The largest absolute Gasteiger partial charge is 0.399 e. The maximum atomic E-state index is 6.19. The van der Waals surface area contributed by atoms with E-state index in [1.807, 2.05) is 6.07 Å². The lowest BCUT2D eigenvalue weighted by Gasteiger charge is -2.11. The van der Waals surface area contributed by atoms with E-state index in [0.29, 0.717) is 23.1 Å². The van der Waals surface area contributed by atoms with Crippen molar-refractivity contribution in [2.75, 3.05) is 12.3 Å². The number of anilines is 1. The van der Waals surface area contributed by atoms with Gasteiger partial charge in [-0.25, -0.2) is 4.68 Å². The minimum Gasteiger partial charge on any atom is -0.399 e. The first-order chi connectivity index (χ1) is 9.24. The van der Waals surface area contributed by atoms with Crippen molar-refractivity contribution in [3.63, 3.8) is 0 Å². The topological polar surface area (TPSA) is 78.9 Å². The Morgan fingerprint density at radius 3 is 3.11 bits per heavy atom. The van der Waals surface area contributed by atoms with E-state index in [4.69, 9.17) is 22.1 Å². The Balaban J connectivity index is 1.90. The van der Waals surface area contributed by atoms with Crippen molar-refractivity contribution in [2.45, 2.75) is 25.5 Å². The summed E-state index contributed by atoms with van der Waals surface area (Å²) in [5.74, 6) is 0.639. The molecule has 1 aliphatic heterocycles. The van der Waals surface area contributed by atoms with E-state index in [9.17, 15) is 0 Å². The summed E-state index contributed by atoms with van der Waals surface area (Å²) in [4.78, 5) is 0. The normalized spacial score (nSPS) is 18.9. The van der Waals surface area contributed by atoms with Gasteiger partial charge in [-0.1, -0.05) is 11.6 Å². The molecular formula is C12H14ClN5O. The fourth-order valence-corrected chi connectivity index (χ4v) is 2.49. The number of aromatic nitrogens is 4. The number of halogens is 1. The molecule has 0 saturated carbocycles. The Kier molecular flexibility index (Phi) is 3.35. The van der Waals surface area contributed by atoms with Gasteiger partial charge in [0.2, 0.25) is 0 Å². The number of hydrogen-bond acceptors (Lipinski definition) is 5. The summed E-state index contributed by atoms with van der Waals surface area (Å²) < 4.78 is 7.33. The lowest BCUT2D eigenvalue weighted by atomic mass is 10.2. The number of nitrogens with two attached hydrogens (primary N) is 1. The highest BCUT2D eigenvalue weighted by Gasteiger charge is 2.20. The molecule has 1 unspecified atom stereocenters. The minimum atomic E-state index is 0.176. The van der Waals surface area contributed by atoms with Gasteiger partial charge in [0.05, 0.1) is 17.7 Å². The van der Waals surface area contributed by atoms with E-state index in [0.717, 1.165) is 25.0 Å². The minimum absolute atomic E-state index is 0.176. The van der Waals surface area contributed by atoms with Crippen LogP contribution in [0.15, 0.2) is 18.2 Å². The average molecular weight is 280 g/mol. The highest BCUT2D eigenvalue weighted by Crippen LogP contribution is 2.28. The van der Waals surface area contributed by atoms with Crippen LogP contribution >= 0.6 is 11.6 Å². The summed E-state index contributed by atoms with van der Waals surface area (Å²) in [6.45, 7) is 1.45. The van der Waals surface area contributed by atoms with Crippen LogP contribution in [0.2, 0.25) is 5.02 Å². The summed E-state index contributed by atoms with van der Waals surface area (Å²) in [7, 11) is 0. The van der Waals surface area contributed by atoms with Gasteiger partial charge in [0.15, 0.2) is 5.82 Å². The fraction of sp³-hybridized carbons (Fsp3) is 0.417. The molecule has 1 aliphatic rings. The molecule has 1 fully saturated rings. The molecule has 19 heavy (non-hydrogen) atoms. The van der Waals surface area contributed by atoms with E-state index in [2.05, 4.69) is 15.5 Å². The van der Waals surface area contributed by atoms with Crippen LogP contribution in [0.1, 0.15) is 12.8 Å². The van der Waals surface area contributed by atoms with Crippen LogP contribution in [0.5, 0.6) is 0 Å². The third-order valence-corrected chi connectivity index (χ3v) is 3.48. The predicted octanol–water partition coefficient (Wildman–Crippen LogP) is 1.75. The first-order valence-corrected chi connectivity index (χ1v) is 6.55. The van der Waals surface area contributed by atoms with Crippen LogP contribution in [0.3, 0.4) is 0 Å². The maximum Gasteiger partial charge on any atom is 0.183 e. The Hall–Kier alpha value is -1.66. The second kappa shape index (κ2) is 5.14. The van der Waals surface area contributed by atoms with Gasteiger partial charge >= 0.3 is 0 Å². The zero-order chi connectivity index (χ0) is 13.2. The SMILES string of the molecule is Nc1ccc(-c2nnnn2CC2CCCO2)c(Cl)c1. The summed E-state index contributed by atoms with van der Waals surface area (Å²) in [6, 6.07) is 5.31. The van der Waals surface area contributed by atoms with Crippen LogP contribution in [0.25, 0.3) is 11.4 Å². The highest BCUT2D eigenvalue weighted by atomic mass is 35.5. The first kappa shape index (κ1) is 12.4. The number of hydrogen-bond donors (Lipinski definition) is 1. The Morgan fingerprint density at radius 2 is 2.37 bits per heavy atom. The molecule has 1 aromatic carbocycles. The second-order valence-electron chi connectivity index (χ2n) is 4.56. The van der Waals surface area contributed by atoms with Gasteiger partial charge in [-0.15, -0.1) is 5.10 Å². The molecule has 3 rings (SSSR count). The molecule has 1 atom stereocenters. The lowest BCUT2D eigenvalue weighted by molar-refractivity contribution is 0.0939. The maximum absolute atomic E-state index is 6.19. The second-order valence-corrected chi connectivity index (χ2v) is 4.97. The van der Waals surface area contributed by atoms with Gasteiger partial charge in [0.1, 0.15) is 0 Å². The van der Waals surface area contributed by atoms with Crippen LogP contribution in [-0.4, -0.2) is 32.9 Å². The van der Waals surface area contributed by atoms with Crippen LogP contribution in [0, 0.1) is 0 Å². The Labute approximate surface area is 115 Å². The molecule has 0 aliphatic carbocycles. The molecule has 2 N–H and O–H groups in total. The molecule has 100 valence electrons. The predicted molar refractivity (Wildman–Crippen MR) is 71.6 cm³/mol. The van der Waals surface area contributed by atoms with E-state index in [-0.39, 0.29) is 6.10 Å². The van der Waals surface area contributed by atoms with Crippen LogP contribution in [0.4, 0.5) is 5.69 Å². The van der Waals surface area contributed by atoms with Crippen molar-refractivity contribution in [1.82, 2.24) is 20.2 Å². The van der Waals surface area contributed by atoms with E-state index in [1.54, 1.807) is 16.8 Å². The Bertz CT molecular complexity index is 579. The molecule has 2 aromatic rings. The van der Waals surface area contributed by atoms with Gasteiger partial charge in [-0.05, 0) is 41.5 Å². The molecule has 1 aromatic heterocycles. The molecule has 2 heterocycles. The number of tetrazole rings is 1. The smallest absolute Gasteiger partial charge is 0.183 e. The van der Waals surface area contributed by atoms with Crippen molar-refractivity contribution in [3.8, 4) is 11.4 Å². The molecule has 1 saturated heterocycles. The molecule has 7 heteroatoms. The Morgan fingerprint density at radius 1 is 1.47 bits per heavy atom. The van der Waals surface area contributed by atoms with Crippen LogP contribution in [-0.2, 0) is 11.3 Å². The number of rotatable bonds is 3. The third kappa shape index (κ3) is 2.54. The average Bonchev–Trinajstić information content (AvgIpc) is 3.02. The summed E-state index contributed by atoms with van der Waals surface area (Å²) in [6.07, 6.45) is 2.30. The number of nitrogens with zero attached hydrogens (tertiary/aromatic N) is 4. The van der Waals surface area contributed by atoms with Crippen molar-refractivity contribution < 1.29 is 4.74 Å². The van der Waals surface area contributed by atoms with Crippen LogP contribution < -0.4 is 5.73 Å². The van der Waals surface area contributed by atoms with E-state index in [1.165, 1.54) is 0 Å². The first-order valence-electron chi connectivity index (χ1n) is 6.17. The molecule has 0 radical (unpaired) electrons. The summed E-state index contributed by atoms with van der Waals surface area (Å²) in [5.41, 5.74) is 7.08. The quantitative estimate of drug-likeness (QED) is 0.866. The summed E-state index contributed by atoms with van der Waals surface area (Å²) >= 11 is 6.19. The van der Waals surface area contributed by atoms with Crippen molar-refractivity contribution in [3.05, 3.63) is 23.2 Å². The van der Waals surface area contributed by atoms with Gasteiger partial charge in [0, 0.05) is 17.9 Å². The van der Waals surface area contributed by atoms with Crippen molar-refractivity contribution in [2.24, 2.45) is 0 Å². The van der Waals surface area contributed by atoms with E-state index < -0.39 is 0 Å².